The number of ether oxygens (including phenoxy) is 1. The summed E-state index contributed by atoms with van der Waals surface area (Å²) in [6, 6.07) is 21.4. The monoisotopic (exact) mass is 501 g/mol. The number of ketones is 1. The van der Waals surface area contributed by atoms with Crippen LogP contribution in [0.25, 0.3) is 6.08 Å². The Morgan fingerprint density at radius 2 is 1.51 bits per heavy atom. The third-order valence-electron chi connectivity index (χ3n) is 6.26. The Morgan fingerprint density at radius 1 is 0.892 bits per heavy atom. The van der Waals surface area contributed by atoms with Crippen LogP contribution in [0.2, 0.25) is 0 Å². The van der Waals surface area contributed by atoms with Gasteiger partial charge in [0.25, 0.3) is 0 Å². The van der Waals surface area contributed by atoms with Gasteiger partial charge in [-0.15, -0.1) is 0 Å². The number of hydrogen-bond donors (Lipinski definition) is 1. The van der Waals surface area contributed by atoms with Crippen molar-refractivity contribution in [3.8, 4) is 11.5 Å². The van der Waals surface area contributed by atoms with Gasteiger partial charge in [0.1, 0.15) is 11.5 Å². The molecule has 0 spiro atoms. The third-order valence-corrected chi connectivity index (χ3v) is 6.26. The van der Waals surface area contributed by atoms with Crippen LogP contribution in [0.5, 0.6) is 11.5 Å². The average molecular weight is 502 g/mol. The molecule has 0 aliphatic rings. The van der Waals surface area contributed by atoms with Gasteiger partial charge in [-0.3, -0.25) is 9.69 Å². The Bertz CT molecular complexity index is 1170. The molecule has 37 heavy (non-hydrogen) atoms. The molecule has 0 aromatic heterocycles. The van der Waals surface area contributed by atoms with Crippen molar-refractivity contribution < 1.29 is 14.6 Å². The summed E-state index contributed by atoms with van der Waals surface area (Å²) in [4.78, 5) is 19.1. The van der Waals surface area contributed by atoms with E-state index in [0.717, 1.165) is 37.3 Å². The first-order valence-corrected chi connectivity index (χ1v) is 12.7. The smallest absolute Gasteiger partial charge is 0.189 e. The highest BCUT2D eigenvalue weighted by molar-refractivity contribution is 6.08. The molecule has 3 aromatic carbocycles. The minimum atomic E-state index is -0.252. The van der Waals surface area contributed by atoms with Crippen molar-refractivity contribution in [3.63, 3.8) is 0 Å². The van der Waals surface area contributed by atoms with Crippen molar-refractivity contribution in [1.29, 1.82) is 0 Å². The summed E-state index contributed by atoms with van der Waals surface area (Å²) < 4.78 is 5.84. The molecule has 6 nitrogen and oxygen atoms in total. The summed E-state index contributed by atoms with van der Waals surface area (Å²) in [5.74, 6) is 0.226. The number of anilines is 2. The molecule has 0 heterocycles. The molecular weight excluding hydrogens is 462 g/mol. The maximum atomic E-state index is 12.6. The van der Waals surface area contributed by atoms with Crippen molar-refractivity contribution >= 4 is 23.2 Å². The highest BCUT2D eigenvalue weighted by Gasteiger charge is 2.10. The second-order valence-corrected chi connectivity index (χ2v) is 9.49. The standard InChI is InChI=1S/C31H39N3O3/c1-6-34(23-25-10-15-27(16-11-25)33(4)5)20-7-21-37-28-17-18-29(31(36)22-28)30(35)19-12-24-8-13-26(14-9-24)32(2)3/h8-19,22,36H,6-7,20-21,23H2,1-5H3/b19-12+. The zero-order chi connectivity index (χ0) is 26.8. The molecule has 0 fully saturated rings. The fraction of sp³-hybridized carbons (Fsp3) is 0.323. The molecule has 1 N–H and O–H groups in total. The normalized spacial score (nSPS) is 11.2. The minimum absolute atomic E-state index is 0.0774. The number of allylic oxidation sites excluding steroid dienone is 1. The first-order chi connectivity index (χ1) is 17.8. The predicted molar refractivity (Wildman–Crippen MR) is 154 cm³/mol. The molecule has 0 amide bonds. The van der Waals surface area contributed by atoms with E-state index < -0.39 is 0 Å². The summed E-state index contributed by atoms with van der Waals surface area (Å²) in [7, 11) is 8.05. The van der Waals surface area contributed by atoms with Gasteiger partial charge in [-0.2, -0.15) is 0 Å². The topological polar surface area (TPSA) is 56.3 Å². The number of rotatable bonds is 13. The number of phenols is 1. The number of nitrogens with zero attached hydrogens (tertiary/aromatic N) is 3. The Balaban J connectivity index is 1.47. The summed E-state index contributed by atoms with van der Waals surface area (Å²) in [5.41, 5.74) is 4.75. The number of phenolic OH excluding ortho intramolecular Hbond substituents is 1. The molecule has 3 aromatic rings. The molecule has 0 radical (unpaired) electrons. The quantitative estimate of drug-likeness (QED) is 0.184. The fourth-order valence-corrected chi connectivity index (χ4v) is 3.94. The van der Waals surface area contributed by atoms with E-state index in [4.69, 9.17) is 4.74 Å². The minimum Gasteiger partial charge on any atom is -0.507 e. The van der Waals surface area contributed by atoms with Crippen LogP contribution < -0.4 is 14.5 Å². The second kappa shape index (κ2) is 13.5. The van der Waals surface area contributed by atoms with E-state index in [2.05, 4.69) is 41.0 Å². The highest BCUT2D eigenvalue weighted by atomic mass is 16.5. The van der Waals surface area contributed by atoms with Crippen LogP contribution >= 0.6 is 0 Å². The van der Waals surface area contributed by atoms with Gasteiger partial charge in [0, 0.05) is 58.7 Å². The van der Waals surface area contributed by atoms with Crippen LogP contribution in [0.1, 0.15) is 34.8 Å². The lowest BCUT2D eigenvalue weighted by Crippen LogP contribution is -2.25. The van der Waals surface area contributed by atoms with Crippen molar-refractivity contribution in [2.75, 3.05) is 57.7 Å². The molecule has 3 rings (SSSR count). The first kappa shape index (κ1) is 27.8. The molecule has 196 valence electrons. The van der Waals surface area contributed by atoms with E-state index in [1.54, 1.807) is 18.2 Å². The number of benzene rings is 3. The number of hydrogen-bond acceptors (Lipinski definition) is 6. The van der Waals surface area contributed by atoms with E-state index in [-0.39, 0.29) is 17.1 Å². The van der Waals surface area contributed by atoms with Crippen LogP contribution in [0.15, 0.2) is 72.8 Å². The fourth-order valence-electron chi connectivity index (χ4n) is 3.94. The van der Waals surface area contributed by atoms with Crippen LogP contribution in [0.4, 0.5) is 11.4 Å². The lowest BCUT2D eigenvalue weighted by Gasteiger charge is -2.21. The summed E-state index contributed by atoms with van der Waals surface area (Å²) >= 11 is 0. The molecular formula is C31H39N3O3. The van der Waals surface area contributed by atoms with E-state index >= 15 is 0 Å². The summed E-state index contributed by atoms with van der Waals surface area (Å²) in [6.45, 7) is 5.46. The van der Waals surface area contributed by atoms with Gasteiger partial charge in [-0.25, -0.2) is 0 Å². The SMILES string of the molecule is CCN(CCCOc1ccc(C(=O)/C=C/c2ccc(N(C)C)cc2)c(O)c1)Cc1ccc(N(C)C)cc1. The predicted octanol–water partition coefficient (Wildman–Crippen LogP) is 5.71. The molecule has 0 saturated carbocycles. The van der Waals surface area contributed by atoms with Crippen LogP contribution in [0, 0.1) is 0 Å². The Kier molecular flexibility index (Phi) is 10.2. The van der Waals surface area contributed by atoms with Gasteiger partial charge in [0.15, 0.2) is 5.78 Å². The molecule has 6 heteroatoms. The Labute approximate surface area is 221 Å². The molecule has 0 atom stereocenters. The van der Waals surface area contributed by atoms with E-state index in [1.165, 1.54) is 23.4 Å². The van der Waals surface area contributed by atoms with E-state index in [0.29, 0.717) is 12.4 Å². The van der Waals surface area contributed by atoms with Gasteiger partial charge >= 0.3 is 0 Å². The molecule has 0 unspecified atom stereocenters. The number of aromatic hydroxyl groups is 1. The summed E-state index contributed by atoms with van der Waals surface area (Å²) in [5, 5.41) is 10.4. The van der Waals surface area contributed by atoms with Crippen molar-refractivity contribution in [1.82, 2.24) is 4.90 Å². The number of carbonyl (C=O) groups is 1. The third kappa shape index (κ3) is 8.40. The first-order valence-electron chi connectivity index (χ1n) is 12.7. The lowest BCUT2D eigenvalue weighted by molar-refractivity contribution is 0.104. The maximum Gasteiger partial charge on any atom is 0.189 e. The Morgan fingerprint density at radius 3 is 2.08 bits per heavy atom. The summed E-state index contributed by atoms with van der Waals surface area (Å²) in [6.07, 6.45) is 4.09. The van der Waals surface area contributed by atoms with Gasteiger partial charge in [0.05, 0.1) is 12.2 Å². The van der Waals surface area contributed by atoms with Crippen molar-refractivity contribution in [2.24, 2.45) is 0 Å². The van der Waals surface area contributed by atoms with Gasteiger partial charge < -0.3 is 19.6 Å². The zero-order valence-electron chi connectivity index (χ0n) is 22.6. The van der Waals surface area contributed by atoms with Crippen molar-refractivity contribution in [3.05, 3.63) is 89.5 Å². The molecule has 0 aliphatic carbocycles. The van der Waals surface area contributed by atoms with Gasteiger partial charge in [0.2, 0.25) is 0 Å². The molecule has 0 bridgehead atoms. The zero-order valence-corrected chi connectivity index (χ0v) is 22.6. The van der Waals surface area contributed by atoms with E-state index in [1.807, 2.05) is 57.4 Å². The Hall–Kier alpha value is -3.77. The second-order valence-electron chi connectivity index (χ2n) is 9.49. The highest BCUT2D eigenvalue weighted by Crippen LogP contribution is 2.25. The largest absolute Gasteiger partial charge is 0.507 e. The van der Waals surface area contributed by atoms with Gasteiger partial charge in [-0.05, 0) is 66.6 Å². The van der Waals surface area contributed by atoms with Crippen LogP contribution in [-0.4, -0.2) is 63.7 Å². The lowest BCUT2D eigenvalue weighted by atomic mass is 10.1. The van der Waals surface area contributed by atoms with Crippen LogP contribution in [-0.2, 0) is 6.54 Å². The van der Waals surface area contributed by atoms with Crippen LogP contribution in [0.3, 0.4) is 0 Å². The molecule has 0 aliphatic heterocycles. The van der Waals surface area contributed by atoms with Crippen molar-refractivity contribution in [2.45, 2.75) is 19.9 Å². The van der Waals surface area contributed by atoms with Gasteiger partial charge in [-0.1, -0.05) is 37.3 Å². The maximum absolute atomic E-state index is 12.6. The molecule has 0 saturated heterocycles. The van der Waals surface area contributed by atoms with E-state index in [9.17, 15) is 9.90 Å². The number of carbonyl (C=O) groups excluding carboxylic acids is 1. The average Bonchev–Trinajstić information content (AvgIpc) is 2.89.